The highest BCUT2D eigenvalue weighted by Crippen LogP contribution is 2.26. The van der Waals surface area contributed by atoms with E-state index in [4.69, 9.17) is 11.6 Å². The third-order valence-electron chi connectivity index (χ3n) is 2.02. The Morgan fingerprint density at radius 3 is 2.94 bits per heavy atom. The molecule has 0 saturated heterocycles. The lowest BCUT2D eigenvalue weighted by Crippen LogP contribution is -2.12. The van der Waals surface area contributed by atoms with Crippen molar-refractivity contribution in [1.82, 2.24) is 4.98 Å². The van der Waals surface area contributed by atoms with Crippen LogP contribution in [-0.2, 0) is 4.79 Å². The van der Waals surface area contributed by atoms with Gasteiger partial charge in [0, 0.05) is 10.9 Å². The Hall–Kier alpha value is -1.46. The van der Waals surface area contributed by atoms with Crippen LogP contribution in [0.25, 0.3) is 11.3 Å². The quantitative estimate of drug-likeness (QED) is 0.871. The number of nitrogens with one attached hydrogen (secondary N) is 1. The Labute approximate surface area is 106 Å². The number of hydrogen-bond donors (Lipinski definition) is 1. The van der Waals surface area contributed by atoms with Crippen molar-refractivity contribution in [3.8, 4) is 11.3 Å². The second-order valence-corrected chi connectivity index (χ2v) is 4.32. The fourth-order valence-electron chi connectivity index (χ4n) is 1.28. The van der Waals surface area contributed by atoms with Crippen molar-refractivity contribution in [3.63, 3.8) is 0 Å². The zero-order chi connectivity index (χ0) is 12.3. The Balaban J connectivity index is 2.24. The van der Waals surface area contributed by atoms with E-state index < -0.39 is 0 Å². The molecule has 0 fully saturated rings. The zero-order valence-corrected chi connectivity index (χ0v) is 10.2. The molecule has 1 aromatic carbocycles. The van der Waals surface area contributed by atoms with Crippen LogP contribution >= 0.6 is 22.9 Å². The molecule has 0 unspecified atom stereocenters. The molecular formula is C11H8ClFN2OS. The van der Waals surface area contributed by atoms with Crippen LogP contribution in [0.3, 0.4) is 0 Å². The van der Waals surface area contributed by atoms with Crippen LogP contribution in [0.2, 0.25) is 0 Å². The number of aromatic nitrogens is 1. The summed E-state index contributed by atoms with van der Waals surface area (Å²) in [6, 6.07) is 6.35. The average Bonchev–Trinajstić information content (AvgIpc) is 2.78. The highest BCUT2D eigenvalue weighted by molar-refractivity contribution is 7.14. The molecule has 0 aliphatic rings. The Bertz CT molecular complexity index is 544. The summed E-state index contributed by atoms with van der Waals surface area (Å²) in [4.78, 5) is 15.2. The number of hydrogen-bond acceptors (Lipinski definition) is 3. The van der Waals surface area contributed by atoms with Crippen molar-refractivity contribution in [2.24, 2.45) is 0 Å². The van der Waals surface area contributed by atoms with Crippen molar-refractivity contribution < 1.29 is 9.18 Å². The molecule has 88 valence electrons. The van der Waals surface area contributed by atoms with Gasteiger partial charge in [-0.05, 0) is 12.1 Å². The van der Waals surface area contributed by atoms with Crippen LogP contribution in [0.15, 0.2) is 29.6 Å². The fraction of sp³-hybridized carbons (Fsp3) is 0.0909. The van der Waals surface area contributed by atoms with Crippen molar-refractivity contribution in [3.05, 3.63) is 35.5 Å². The number of amides is 1. The molecule has 1 heterocycles. The summed E-state index contributed by atoms with van der Waals surface area (Å²) in [5.74, 6) is -0.802. The van der Waals surface area contributed by atoms with Gasteiger partial charge in [0.1, 0.15) is 11.7 Å². The third-order valence-corrected chi connectivity index (χ3v) is 3.02. The van der Waals surface area contributed by atoms with Gasteiger partial charge in [-0.1, -0.05) is 12.1 Å². The van der Waals surface area contributed by atoms with Crippen molar-refractivity contribution in [2.75, 3.05) is 11.2 Å². The van der Waals surface area contributed by atoms with Crippen molar-refractivity contribution >= 4 is 34.0 Å². The van der Waals surface area contributed by atoms with Crippen LogP contribution < -0.4 is 5.32 Å². The molecule has 1 N–H and O–H groups in total. The van der Waals surface area contributed by atoms with Crippen LogP contribution in [0.5, 0.6) is 0 Å². The first kappa shape index (κ1) is 12.0. The number of anilines is 1. The molecule has 6 heteroatoms. The fourth-order valence-corrected chi connectivity index (χ4v) is 2.07. The molecule has 2 rings (SSSR count). The number of thiazole rings is 1. The van der Waals surface area contributed by atoms with E-state index in [-0.39, 0.29) is 17.6 Å². The van der Waals surface area contributed by atoms with Gasteiger partial charge in [0.05, 0.1) is 5.69 Å². The van der Waals surface area contributed by atoms with Gasteiger partial charge in [-0.3, -0.25) is 4.79 Å². The van der Waals surface area contributed by atoms with E-state index in [0.29, 0.717) is 16.4 Å². The Morgan fingerprint density at radius 1 is 1.47 bits per heavy atom. The summed E-state index contributed by atoms with van der Waals surface area (Å²) in [6.45, 7) is 0. The summed E-state index contributed by atoms with van der Waals surface area (Å²) in [5, 5.41) is 4.61. The molecule has 0 aliphatic heterocycles. The first-order valence-electron chi connectivity index (χ1n) is 4.77. The molecule has 3 nitrogen and oxygen atoms in total. The Morgan fingerprint density at radius 2 is 2.24 bits per heavy atom. The number of rotatable bonds is 3. The normalized spacial score (nSPS) is 10.2. The van der Waals surface area contributed by atoms with Gasteiger partial charge in [0.25, 0.3) is 0 Å². The van der Waals surface area contributed by atoms with E-state index in [9.17, 15) is 9.18 Å². The van der Waals surface area contributed by atoms with Crippen molar-refractivity contribution in [2.45, 2.75) is 0 Å². The number of carbonyl (C=O) groups is 1. The maximum atomic E-state index is 13.5. The number of benzene rings is 1. The SMILES string of the molecule is O=C(CCl)Nc1nc(-c2ccccc2F)cs1. The van der Waals surface area contributed by atoms with Crippen molar-refractivity contribution in [1.29, 1.82) is 0 Å². The molecule has 1 aromatic heterocycles. The number of halogens is 2. The summed E-state index contributed by atoms with van der Waals surface area (Å²) in [5.41, 5.74) is 0.910. The van der Waals surface area contributed by atoms with Crippen LogP contribution in [0.4, 0.5) is 9.52 Å². The summed E-state index contributed by atoms with van der Waals surface area (Å²) < 4.78 is 13.5. The number of carbonyl (C=O) groups excluding carboxylic acids is 1. The van der Waals surface area contributed by atoms with Crippen LogP contribution in [-0.4, -0.2) is 16.8 Å². The molecule has 0 spiro atoms. The molecule has 17 heavy (non-hydrogen) atoms. The average molecular weight is 271 g/mol. The molecule has 0 saturated carbocycles. The van der Waals surface area contributed by atoms with Gasteiger partial charge in [0.2, 0.25) is 5.91 Å². The predicted molar refractivity (Wildman–Crippen MR) is 66.9 cm³/mol. The predicted octanol–water partition coefficient (Wildman–Crippen LogP) is 3.13. The highest BCUT2D eigenvalue weighted by Gasteiger charge is 2.09. The lowest BCUT2D eigenvalue weighted by molar-refractivity contribution is -0.113. The molecule has 1 amide bonds. The monoisotopic (exact) mass is 270 g/mol. The molecule has 0 aliphatic carbocycles. The molecular weight excluding hydrogens is 263 g/mol. The van der Waals surface area contributed by atoms with E-state index in [1.165, 1.54) is 17.4 Å². The van der Waals surface area contributed by atoms with Gasteiger partial charge in [-0.25, -0.2) is 9.37 Å². The smallest absolute Gasteiger partial charge is 0.241 e. The van der Waals surface area contributed by atoms with Gasteiger partial charge in [0.15, 0.2) is 5.13 Å². The number of nitrogens with zero attached hydrogens (tertiary/aromatic N) is 1. The first-order chi connectivity index (χ1) is 8.20. The van der Waals surface area contributed by atoms with Gasteiger partial charge < -0.3 is 5.32 Å². The van der Waals surface area contributed by atoms with Gasteiger partial charge >= 0.3 is 0 Å². The maximum absolute atomic E-state index is 13.5. The van der Waals surface area contributed by atoms with E-state index >= 15 is 0 Å². The topological polar surface area (TPSA) is 42.0 Å². The standard InChI is InChI=1S/C11H8ClFN2OS/c12-5-10(16)15-11-14-9(6-17-11)7-3-1-2-4-8(7)13/h1-4,6H,5H2,(H,14,15,16). The molecule has 0 atom stereocenters. The Kier molecular flexibility index (Phi) is 3.71. The summed E-state index contributed by atoms with van der Waals surface area (Å²) >= 11 is 6.58. The van der Waals surface area contributed by atoms with Crippen LogP contribution in [0.1, 0.15) is 0 Å². The van der Waals surface area contributed by atoms with Crippen LogP contribution in [0, 0.1) is 5.82 Å². The minimum Gasteiger partial charge on any atom is -0.301 e. The second kappa shape index (κ2) is 5.25. The molecule has 0 radical (unpaired) electrons. The van der Waals surface area contributed by atoms with Gasteiger partial charge in [-0.15, -0.1) is 22.9 Å². The lowest BCUT2D eigenvalue weighted by atomic mass is 10.2. The first-order valence-corrected chi connectivity index (χ1v) is 6.18. The molecule has 0 bridgehead atoms. The third kappa shape index (κ3) is 2.81. The highest BCUT2D eigenvalue weighted by atomic mass is 35.5. The van der Waals surface area contributed by atoms with Gasteiger partial charge in [-0.2, -0.15) is 0 Å². The second-order valence-electron chi connectivity index (χ2n) is 3.20. The van der Waals surface area contributed by atoms with E-state index in [1.807, 2.05) is 0 Å². The zero-order valence-electron chi connectivity index (χ0n) is 8.61. The lowest BCUT2D eigenvalue weighted by Gasteiger charge is -1.98. The molecule has 2 aromatic rings. The largest absolute Gasteiger partial charge is 0.301 e. The minimum absolute atomic E-state index is 0.130. The minimum atomic E-state index is -0.340. The maximum Gasteiger partial charge on any atom is 0.241 e. The van der Waals surface area contributed by atoms with E-state index in [0.717, 1.165) is 0 Å². The summed E-state index contributed by atoms with van der Waals surface area (Å²) in [7, 11) is 0. The number of alkyl halides is 1. The summed E-state index contributed by atoms with van der Waals surface area (Å²) in [6.07, 6.45) is 0. The van der Waals surface area contributed by atoms with E-state index in [2.05, 4.69) is 10.3 Å². The van der Waals surface area contributed by atoms with E-state index in [1.54, 1.807) is 23.6 Å².